The van der Waals surface area contributed by atoms with Gasteiger partial charge in [0.05, 0.1) is 16.5 Å². The molecular weight excluding hydrogens is 404 g/mol. The van der Waals surface area contributed by atoms with E-state index in [1.54, 1.807) is 6.33 Å². The average Bonchev–Trinajstić information content (AvgIpc) is 3.37. The third-order valence-electron chi connectivity index (χ3n) is 5.83. The predicted molar refractivity (Wildman–Crippen MR) is 111 cm³/mol. The van der Waals surface area contributed by atoms with Gasteiger partial charge >= 0.3 is 5.76 Å². The van der Waals surface area contributed by atoms with Gasteiger partial charge in [0.15, 0.2) is 5.58 Å². The highest BCUT2D eigenvalue weighted by atomic mass is 16.6. The van der Waals surface area contributed by atoms with Gasteiger partial charge in [0.25, 0.3) is 5.69 Å². The molecule has 0 radical (unpaired) electrons. The van der Waals surface area contributed by atoms with Crippen molar-refractivity contribution in [1.82, 2.24) is 24.2 Å². The van der Waals surface area contributed by atoms with Crippen LogP contribution in [0.1, 0.15) is 44.3 Å². The molecule has 1 aliphatic heterocycles. The van der Waals surface area contributed by atoms with Crippen molar-refractivity contribution < 1.29 is 14.1 Å². The SMILES string of the molecule is CCn1cnnc1C1CCN(C(=O)CCCn2c(=O)oc3cc([N+](=O)[O-])ccc32)CC1. The first kappa shape index (κ1) is 20.8. The number of nitrogens with zero attached hydrogens (tertiary/aromatic N) is 6. The van der Waals surface area contributed by atoms with E-state index in [0.29, 0.717) is 43.9 Å². The Morgan fingerprint density at radius 1 is 1.32 bits per heavy atom. The number of rotatable bonds is 7. The molecule has 11 nitrogen and oxygen atoms in total. The number of piperidine rings is 1. The molecule has 2 aromatic heterocycles. The van der Waals surface area contributed by atoms with Crippen molar-refractivity contribution in [2.24, 2.45) is 0 Å². The van der Waals surface area contributed by atoms with E-state index in [2.05, 4.69) is 17.1 Å². The van der Waals surface area contributed by atoms with Gasteiger partial charge in [0, 0.05) is 44.6 Å². The lowest BCUT2D eigenvalue weighted by Crippen LogP contribution is -2.38. The monoisotopic (exact) mass is 428 g/mol. The van der Waals surface area contributed by atoms with E-state index in [9.17, 15) is 19.7 Å². The van der Waals surface area contributed by atoms with Crippen LogP contribution < -0.4 is 5.76 Å². The number of carbonyl (C=O) groups is 1. The minimum Gasteiger partial charge on any atom is -0.407 e. The van der Waals surface area contributed by atoms with Crippen LogP contribution in [0.2, 0.25) is 0 Å². The number of non-ortho nitro benzene ring substituents is 1. The summed E-state index contributed by atoms with van der Waals surface area (Å²) < 4.78 is 8.58. The smallest absolute Gasteiger partial charge is 0.407 e. The molecule has 0 bridgehead atoms. The van der Waals surface area contributed by atoms with Gasteiger partial charge in [-0.25, -0.2) is 4.79 Å². The second-order valence-corrected chi connectivity index (χ2v) is 7.66. The molecule has 164 valence electrons. The number of likely N-dealkylation sites (tertiary alicyclic amines) is 1. The molecule has 1 fully saturated rings. The molecule has 0 spiro atoms. The lowest BCUT2D eigenvalue weighted by molar-refractivity contribution is -0.384. The maximum absolute atomic E-state index is 12.6. The van der Waals surface area contributed by atoms with Crippen molar-refractivity contribution >= 4 is 22.7 Å². The van der Waals surface area contributed by atoms with Crippen LogP contribution in [0.25, 0.3) is 11.1 Å². The van der Waals surface area contributed by atoms with E-state index >= 15 is 0 Å². The molecule has 0 N–H and O–H groups in total. The third kappa shape index (κ3) is 4.21. The number of amides is 1. The molecule has 3 aromatic rings. The first-order chi connectivity index (χ1) is 15.0. The molecule has 0 atom stereocenters. The van der Waals surface area contributed by atoms with Gasteiger partial charge in [-0.15, -0.1) is 10.2 Å². The number of oxazole rings is 1. The van der Waals surface area contributed by atoms with Gasteiger partial charge in [-0.05, 0) is 32.3 Å². The zero-order valence-corrected chi connectivity index (χ0v) is 17.3. The molecule has 31 heavy (non-hydrogen) atoms. The Labute approximate surface area is 177 Å². The van der Waals surface area contributed by atoms with Gasteiger partial charge in [0.1, 0.15) is 12.2 Å². The number of hydrogen-bond acceptors (Lipinski definition) is 7. The van der Waals surface area contributed by atoms with Gasteiger partial charge in [-0.3, -0.25) is 19.5 Å². The normalized spacial score (nSPS) is 14.9. The maximum atomic E-state index is 12.6. The minimum absolute atomic E-state index is 0.0619. The highest BCUT2D eigenvalue weighted by Gasteiger charge is 2.26. The number of fused-ring (bicyclic) bond motifs is 1. The summed E-state index contributed by atoms with van der Waals surface area (Å²) in [4.78, 5) is 36.9. The Morgan fingerprint density at radius 3 is 2.81 bits per heavy atom. The number of nitro groups is 1. The molecule has 1 aromatic carbocycles. The largest absolute Gasteiger partial charge is 0.419 e. The lowest BCUT2D eigenvalue weighted by atomic mass is 9.95. The summed E-state index contributed by atoms with van der Waals surface area (Å²) in [7, 11) is 0. The molecule has 1 saturated heterocycles. The summed E-state index contributed by atoms with van der Waals surface area (Å²) in [5.74, 6) is 0.781. The summed E-state index contributed by atoms with van der Waals surface area (Å²) in [5.41, 5.74) is 0.528. The van der Waals surface area contributed by atoms with Crippen LogP contribution in [0.15, 0.2) is 33.7 Å². The van der Waals surface area contributed by atoms with Crippen LogP contribution in [0.5, 0.6) is 0 Å². The van der Waals surface area contributed by atoms with Crippen LogP contribution in [0.4, 0.5) is 5.69 Å². The molecule has 4 rings (SSSR count). The van der Waals surface area contributed by atoms with Crippen LogP contribution in [0, 0.1) is 10.1 Å². The van der Waals surface area contributed by atoms with E-state index in [-0.39, 0.29) is 17.2 Å². The first-order valence-corrected chi connectivity index (χ1v) is 10.4. The molecule has 3 heterocycles. The van der Waals surface area contributed by atoms with E-state index in [0.717, 1.165) is 25.2 Å². The minimum atomic E-state index is -0.580. The van der Waals surface area contributed by atoms with Gasteiger partial charge in [-0.1, -0.05) is 0 Å². The number of carbonyl (C=O) groups excluding carboxylic acids is 1. The van der Waals surface area contributed by atoms with Crippen molar-refractivity contribution in [3.63, 3.8) is 0 Å². The highest BCUT2D eigenvalue weighted by molar-refractivity contribution is 5.77. The van der Waals surface area contributed by atoms with Crippen molar-refractivity contribution in [3.05, 3.63) is 51.0 Å². The first-order valence-electron chi connectivity index (χ1n) is 10.4. The van der Waals surface area contributed by atoms with Gasteiger partial charge < -0.3 is 13.9 Å². The second kappa shape index (κ2) is 8.70. The lowest BCUT2D eigenvalue weighted by Gasteiger charge is -2.31. The van der Waals surface area contributed by atoms with Crippen LogP contribution in [0.3, 0.4) is 0 Å². The summed E-state index contributed by atoms with van der Waals surface area (Å²) in [6, 6.07) is 4.07. The Bertz CT molecular complexity index is 1150. The van der Waals surface area contributed by atoms with E-state index in [1.165, 1.54) is 22.8 Å². The molecule has 1 aliphatic rings. The summed E-state index contributed by atoms with van der Waals surface area (Å²) in [6.45, 7) is 4.56. The van der Waals surface area contributed by atoms with E-state index in [4.69, 9.17) is 4.42 Å². The fraction of sp³-hybridized carbons (Fsp3) is 0.500. The van der Waals surface area contributed by atoms with Crippen molar-refractivity contribution in [3.8, 4) is 0 Å². The third-order valence-corrected chi connectivity index (χ3v) is 5.83. The molecular formula is C20H24N6O5. The topological polar surface area (TPSA) is 129 Å². The Hall–Kier alpha value is -3.50. The van der Waals surface area contributed by atoms with Crippen molar-refractivity contribution in [2.45, 2.75) is 51.6 Å². The zero-order valence-electron chi connectivity index (χ0n) is 17.3. The fourth-order valence-corrected chi connectivity index (χ4v) is 4.14. The predicted octanol–water partition coefficient (Wildman–Crippen LogP) is 2.30. The summed E-state index contributed by atoms with van der Waals surface area (Å²) in [5, 5.41) is 19.1. The van der Waals surface area contributed by atoms with Gasteiger partial charge in [0.2, 0.25) is 5.91 Å². The number of aromatic nitrogens is 4. The molecule has 0 aliphatic carbocycles. The zero-order chi connectivity index (χ0) is 22.0. The quantitative estimate of drug-likeness (QED) is 0.417. The van der Waals surface area contributed by atoms with Crippen LogP contribution in [-0.4, -0.2) is 48.2 Å². The Balaban J connectivity index is 1.31. The Morgan fingerprint density at radius 2 is 2.10 bits per heavy atom. The number of aryl methyl sites for hydroxylation is 2. The second-order valence-electron chi connectivity index (χ2n) is 7.66. The Kier molecular flexibility index (Phi) is 5.83. The van der Waals surface area contributed by atoms with Crippen LogP contribution in [-0.2, 0) is 17.9 Å². The van der Waals surface area contributed by atoms with Crippen LogP contribution >= 0.6 is 0 Å². The van der Waals surface area contributed by atoms with Gasteiger partial charge in [-0.2, -0.15) is 0 Å². The number of benzene rings is 1. The van der Waals surface area contributed by atoms with Crippen molar-refractivity contribution in [2.75, 3.05) is 13.1 Å². The summed E-state index contributed by atoms with van der Waals surface area (Å²) in [6.07, 6.45) is 4.26. The fourth-order valence-electron chi connectivity index (χ4n) is 4.14. The van der Waals surface area contributed by atoms with Crippen molar-refractivity contribution in [1.29, 1.82) is 0 Å². The average molecular weight is 428 g/mol. The maximum Gasteiger partial charge on any atom is 0.419 e. The number of hydrogen-bond donors (Lipinski definition) is 0. The number of nitro benzene ring substituents is 1. The van der Waals surface area contributed by atoms with E-state index in [1.807, 2.05) is 9.47 Å². The summed E-state index contributed by atoms with van der Waals surface area (Å²) >= 11 is 0. The molecule has 0 saturated carbocycles. The highest BCUT2D eigenvalue weighted by Crippen LogP contribution is 2.27. The molecule has 11 heteroatoms. The standard InChI is InChI=1S/C20H24N6O5/c1-2-23-13-21-22-19(23)14-7-10-24(11-8-14)18(27)4-3-9-25-16-6-5-15(26(29)30)12-17(16)31-20(25)28/h5-6,12-14H,2-4,7-11H2,1H3. The van der Waals surface area contributed by atoms with E-state index < -0.39 is 10.7 Å². The molecule has 0 unspecified atom stereocenters. The molecule has 1 amide bonds.